The van der Waals surface area contributed by atoms with Gasteiger partial charge in [-0.2, -0.15) is 0 Å². The molecule has 0 heterocycles. The zero-order chi connectivity index (χ0) is 25.6. The Morgan fingerprint density at radius 3 is 2.53 bits per heavy atom. The highest BCUT2D eigenvalue weighted by Gasteiger charge is 2.40. The van der Waals surface area contributed by atoms with Crippen LogP contribution in [0, 0.1) is 11.8 Å². The maximum atomic E-state index is 10.9. The highest BCUT2D eigenvalue weighted by atomic mass is 16.4. The highest BCUT2D eigenvalue weighted by Crippen LogP contribution is 2.48. The Hall–Kier alpha value is -2.07. The van der Waals surface area contributed by atoms with Crippen molar-refractivity contribution in [3.8, 4) is 5.75 Å². The predicted molar refractivity (Wildman–Crippen MR) is 149 cm³/mol. The molecule has 4 heteroatoms. The number of benzene rings is 1. The first-order chi connectivity index (χ1) is 17.5. The van der Waals surface area contributed by atoms with Gasteiger partial charge in [0.25, 0.3) is 0 Å². The van der Waals surface area contributed by atoms with Crippen molar-refractivity contribution < 1.29 is 15.0 Å². The molecule has 1 saturated carbocycles. The summed E-state index contributed by atoms with van der Waals surface area (Å²) in [6, 6.07) is 8.00. The number of aliphatic carboxylic acids is 1. The summed E-state index contributed by atoms with van der Waals surface area (Å²) in [6.07, 6.45) is 26.3. The van der Waals surface area contributed by atoms with Gasteiger partial charge in [0.2, 0.25) is 0 Å². The molecular formula is C32H49NO3. The van der Waals surface area contributed by atoms with Gasteiger partial charge in [-0.25, -0.2) is 0 Å². The van der Waals surface area contributed by atoms with E-state index in [1.807, 2.05) is 12.1 Å². The third-order valence-corrected chi connectivity index (χ3v) is 8.73. The molecule has 0 unspecified atom stereocenters. The van der Waals surface area contributed by atoms with E-state index in [2.05, 4.69) is 30.4 Å². The third kappa shape index (κ3) is 8.80. The molecule has 1 fully saturated rings. The quantitative estimate of drug-likeness (QED) is 0.160. The summed E-state index contributed by atoms with van der Waals surface area (Å²) < 4.78 is 0. The lowest BCUT2D eigenvalue weighted by atomic mass is 9.60. The summed E-state index contributed by atoms with van der Waals surface area (Å²) in [6.45, 7) is 0.778. The number of hydrogen-bond donors (Lipinski definition) is 3. The lowest BCUT2D eigenvalue weighted by Gasteiger charge is -2.44. The summed E-state index contributed by atoms with van der Waals surface area (Å²) >= 11 is 0. The number of carboxylic acids is 1. The first kappa shape index (κ1) is 28.5. The fourth-order valence-corrected chi connectivity index (χ4v) is 6.76. The molecule has 0 amide bonds. The lowest BCUT2D eigenvalue weighted by molar-refractivity contribution is -0.136. The smallest absolute Gasteiger partial charge is 0.303 e. The van der Waals surface area contributed by atoms with Crippen molar-refractivity contribution in [1.82, 2.24) is 0 Å². The minimum absolute atomic E-state index is 0.164. The van der Waals surface area contributed by atoms with Gasteiger partial charge in [0.05, 0.1) is 0 Å². The molecule has 0 aromatic heterocycles. The zero-order valence-corrected chi connectivity index (χ0v) is 22.3. The maximum Gasteiger partial charge on any atom is 0.303 e. The summed E-state index contributed by atoms with van der Waals surface area (Å²) in [5.41, 5.74) is 8.84. The van der Waals surface area contributed by atoms with Gasteiger partial charge in [-0.3, -0.25) is 4.79 Å². The number of aromatic hydroxyl groups is 1. The first-order valence-electron chi connectivity index (χ1n) is 14.6. The normalized spacial score (nSPS) is 20.5. The fourth-order valence-electron chi connectivity index (χ4n) is 6.76. The van der Waals surface area contributed by atoms with Crippen molar-refractivity contribution >= 4 is 5.97 Å². The molecule has 0 aliphatic heterocycles. The molecular weight excluding hydrogens is 446 g/mol. The van der Waals surface area contributed by atoms with E-state index in [4.69, 9.17) is 10.8 Å². The Morgan fingerprint density at radius 1 is 1.06 bits per heavy atom. The van der Waals surface area contributed by atoms with Crippen molar-refractivity contribution in [2.45, 2.75) is 115 Å². The number of carboxylic acid groups (broad SMARTS) is 1. The number of allylic oxidation sites excluding steroid dienone is 3. The van der Waals surface area contributed by atoms with E-state index in [1.54, 1.807) is 5.57 Å². The van der Waals surface area contributed by atoms with Crippen LogP contribution >= 0.6 is 0 Å². The molecule has 0 saturated heterocycles. The second-order valence-corrected chi connectivity index (χ2v) is 11.3. The SMILES string of the molecule is NCCC1=C[C@@H](CCCCCC[C@H](C/C=C/CCC(=O)O)C2(c3ccc(O)cc3)CCCCC2)CC1. The predicted octanol–water partition coefficient (Wildman–Crippen LogP) is 8.05. The Morgan fingerprint density at radius 2 is 1.81 bits per heavy atom. The summed E-state index contributed by atoms with van der Waals surface area (Å²) in [4.78, 5) is 10.9. The van der Waals surface area contributed by atoms with Gasteiger partial charge in [-0.15, -0.1) is 0 Å². The molecule has 0 spiro atoms. The van der Waals surface area contributed by atoms with Crippen LogP contribution in [0.1, 0.15) is 115 Å². The number of hydrogen-bond acceptors (Lipinski definition) is 3. The summed E-state index contributed by atoms with van der Waals surface area (Å²) in [5.74, 6) is 0.935. The first-order valence-corrected chi connectivity index (χ1v) is 14.6. The van der Waals surface area contributed by atoms with Crippen LogP contribution in [-0.2, 0) is 10.2 Å². The van der Waals surface area contributed by atoms with E-state index in [0.717, 1.165) is 25.3 Å². The molecule has 0 bridgehead atoms. The monoisotopic (exact) mass is 495 g/mol. The molecule has 1 aromatic carbocycles. The van der Waals surface area contributed by atoms with Crippen LogP contribution in [0.5, 0.6) is 5.75 Å². The average molecular weight is 496 g/mol. The van der Waals surface area contributed by atoms with Crippen molar-refractivity contribution in [2.24, 2.45) is 17.6 Å². The lowest BCUT2D eigenvalue weighted by Crippen LogP contribution is -2.37. The van der Waals surface area contributed by atoms with Crippen molar-refractivity contribution in [1.29, 1.82) is 0 Å². The van der Waals surface area contributed by atoms with Crippen LogP contribution in [0.3, 0.4) is 0 Å². The van der Waals surface area contributed by atoms with Gasteiger partial charge in [0.15, 0.2) is 0 Å². The Balaban J connectivity index is 1.57. The Kier molecular flexibility index (Phi) is 12.1. The van der Waals surface area contributed by atoms with E-state index >= 15 is 0 Å². The molecule has 2 atom stereocenters. The molecule has 2 aliphatic carbocycles. The van der Waals surface area contributed by atoms with Gasteiger partial charge in [0.1, 0.15) is 5.75 Å². The average Bonchev–Trinajstić information content (AvgIpc) is 3.32. The molecule has 200 valence electrons. The van der Waals surface area contributed by atoms with E-state index < -0.39 is 5.97 Å². The van der Waals surface area contributed by atoms with Gasteiger partial charge in [0, 0.05) is 6.42 Å². The van der Waals surface area contributed by atoms with Gasteiger partial charge in [-0.05, 0) is 99.3 Å². The van der Waals surface area contributed by atoms with E-state index in [9.17, 15) is 9.90 Å². The van der Waals surface area contributed by atoms with Crippen molar-refractivity contribution in [3.05, 3.63) is 53.6 Å². The number of carbonyl (C=O) groups is 1. The van der Waals surface area contributed by atoms with E-state index in [1.165, 1.54) is 89.0 Å². The Labute approximate surface area is 219 Å². The molecule has 0 radical (unpaired) electrons. The van der Waals surface area contributed by atoms with Gasteiger partial charge < -0.3 is 15.9 Å². The molecule has 2 aliphatic rings. The van der Waals surface area contributed by atoms with Gasteiger partial charge >= 0.3 is 5.97 Å². The Bertz CT molecular complexity index is 835. The standard InChI is InChI=1S/C32H49NO3/c33-24-21-27-16-15-26(25-27)11-5-1-2-6-12-28(13-7-3-8-14-31(35)36)32(22-9-4-10-23-32)29-17-19-30(34)20-18-29/h3,7,17-20,25-26,28,34H,1-2,4-6,8-16,21-24,33H2,(H,35,36)/b7-3+/t26-,28+/m0/s1. The second kappa shape index (κ2) is 15.2. The number of nitrogens with two attached hydrogens (primary N) is 1. The molecule has 4 N–H and O–H groups in total. The topological polar surface area (TPSA) is 83.6 Å². The molecule has 1 aromatic rings. The van der Waals surface area contributed by atoms with Crippen LogP contribution in [0.4, 0.5) is 0 Å². The van der Waals surface area contributed by atoms with Crippen LogP contribution < -0.4 is 5.73 Å². The third-order valence-electron chi connectivity index (χ3n) is 8.73. The second-order valence-electron chi connectivity index (χ2n) is 11.3. The van der Waals surface area contributed by atoms with E-state index in [0.29, 0.717) is 18.1 Å². The minimum atomic E-state index is -0.729. The molecule has 36 heavy (non-hydrogen) atoms. The number of unbranched alkanes of at least 4 members (excludes halogenated alkanes) is 3. The van der Waals surface area contributed by atoms with Crippen LogP contribution in [-0.4, -0.2) is 22.7 Å². The van der Waals surface area contributed by atoms with Crippen LogP contribution in [0.15, 0.2) is 48.1 Å². The summed E-state index contributed by atoms with van der Waals surface area (Å²) in [7, 11) is 0. The zero-order valence-electron chi connectivity index (χ0n) is 22.3. The van der Waals surface area contributed by atoms with Crippen LogP contribution in [0.25, 0.3) is 0 Å². The van der Waals surface area contributed by atoms with E-state index in [-0.39, 0.29) is 11.8 Å². The number of phenols is 1. The van der Waals surface area contributed by atoms with Gasteiger partial charge in [-0.1, -0.05) is 80.9 Å². The van der Waals surface area contributed by atoms with Crippen molar-refractivity contribution in [3.63, 3.8) is 0 Å². The number of rotatable bonds is 16. The maximum absolute atomic E-state index is 10.9. The minimum Gasteiger partial charge on any atom is -0.508 e. The highest BCUT2D eigenvalue weighted by molar-refractivity contribution is 5.66. The summed E-state index contributed by atoms with van der Waals surface area (Å²) in [5, 5.41) is 18.9. The van der Waals surface area contributed by atoms with Crippen molar-refractivity contribution in [2.75, 3.05) is 6.54 Å². The fraction of sp³-hybridized carbons (Fsp3) is 0.656. The number of phenolic OH excluding ortho intramolecular Hbond substituents is 1. The molecule has 4 nitrogen and oxygen atoms in total. The largest absolute Gasteiger partial charge is 0.508 e. The molecule has 3 rings (SSSR count). The van der Waals surface area contributed by atoms with Crippen LogP contribution in [0.2, 0.25) is 0 Å².